The molecule has 0 aliphatic heterocycles. The molecule has 0 amide bonds. The Kier molecular flexibility index (Phi) is 2.89. The number of rotatable bonds is 3. The summed E-state index contributed by atoms with van der Waals surface area (Å²) in [7, 11) is 1.65. The Hall–Kier alpha value is -2.19. The van der Waals surface area contributed by atoms with Gasteiger partial charge in [0.15, 0.2) is 0 Å². The first kappa shape index (κ1) is 12.3. The lowest BCUT2D eigenvalue weighted by Gasteiger charge is -2.02. The van der Waals surface area contributed by atoms with Crippen molar-refractivity contribution in [2.24, 2.45) is 7.05 Å². The molecule has 0 bridgehead atoms. The summed E-state index contributed by atoms with van der Waals surface area (Å²) in [5, 5.41) is 7.49. The van der Waals surface area contributed by atoms with Crippen molar-refractivity contribution in [1.82, 2.24) is 24.5 Å². The third-order valence-corrected chi connectivity index (χ3v) is 2.26. The minimum absolute atomic E-state index is 0.141. The molecule has 0 saturated carbocycles. The van der Waals surface area contributed by atoms with Crippen LogP contribution < -0.4 is 0 Å². The number of nitrogens with zero attached hydrogens (tertiary/aromatic N) is 5. The number of alkyl halides is 3. The molecular formula is C9H8F3N5O. The SMILES string of the molecule is Cn1ncnc1Cn1cc(C(=O)C(F)(F)F)cn1. The van der Waals surface area contributed by atoms with Gasteiger partial charge in [-0.05, 0) is 0 Å². The van der Waals surface area contributed by atoms with E-state index in [1.165, 1.54) is 15.7 Å². The fraction of sp³-hybridized carbons (Fsp3) is 0.333. The molecule has 0 atom stereocenters. The minimum atomic E-state index is -4.89. The molecule has 0 unspecified atom stereocenters. The van der Waals surface area contributed by atoms with Crippen LogP contribution in [0.1, 0.15) is 16.2 Å². The average Bonchev–Trinajstić information content (AvgIpc) is 2.87. The van der Waals surface area contributed by atoms with Crippen molar-refractivity contribution >= 4 is 5.78 Å². The van der Waals surface area contributed by atoms with Crippen LogP contribution in [-0.4, -0.2) is 36.5 Å². The third-order valence-electron chi connectivity index (χ3n) is 2.26. The van der Waals surface area contributed by atoms with Gasteiger partial charge in [0.1, 0.15) is 18.7 Å². The monoisotopic (exact) mass is 259 g/mol. The second kappa shape index (κ2) is 4.24. The van der Waals surface area contributed by atoms with Gasteiger partial charge in [-0.1, -0.05) is 0 Å². The van der Waals surface area contributed by atoms with Crippen molar-refractivity contribution in [1.29, 1.82) is 0 Å². The molecule has 9 heteroatoms. The van der Waals surface area contributed by atoms with Crippen molar-refractivity contribution in [2.45, 2.75) is 12.7 Å². The van der Waals surface area contributed by atoms with E-state index in [-0.39, 0.29) is 6.54 Å². The molecule has 0 N–H and O–H groups in total. The number of hydrogen-bond donors (Lipinski definition) is 0. The first-order valence-corrected chi connectivity index (χ1v) is 4.85. The lowest BCUT2D eigenvalue weighted by Crippen LogP contribution is -2.22. The van der Waals surface area contributed by atoms with E-state index in [1.54, 1.807) is 7.05 Å². The Morgan fingerprint density at radius 1 is 1.39 bits per heavy atom. The molecule has 0 spiro atoms. The standard InChI is InChI=1S/C9H8F3N5O/c1-16-7(13-5-15-16)4-17-3-6(2-14-17)8(18)9(10,11)12/h2-3,5H,4H2,1H3. The quantitative estimate of drug-likeness (QED) is 0.765. The van der Waals surface area contributed by atoms with Gasteiger partial charge in [-0.15, -0.1) is 0 Å². The van der Waals surface area contributed by atoms with Crippen molar-refractivity contribution in [3.05, 3.63) is 30.1 Å². The second-order valence-electron chi connectivity index (χ2n) is 3.55. The molecule has 0 aromatic carbocycles. The lowest BCUT2D eigenvalue weighted by molar-refractivity contribution is -0.0885. The van der Waals surface area contributed by atoms with E-state index in [4.69, 9.17) is 0 Å². The minimum Gasteiger partial charge on any atom is -0.284 e. The molecular weight excluding hydrogens is 251 g/mol. The summed E-state index contributed by atoms with van der Waals surface area (Å²) in [5.41, 5.74) is -0.496. The first-order chi connectivity index (χ1) is 8.38. The lowest BCUT2D eigenvalue weighted by atomic mass is 10.2. The zero-order chi connectivity index (χ0) is 13.3. The fourth-order valence-electron chi connectivity index (χ4n) is 1.34. The van der Waals surface area contributed by atoms with E-state index < -0.39 is 17.5 Å². The van der Waals surface area contributed by atoms with Gasteiger partial charge in [-0.25, -0.2) is 4.98 Å². The average molecular weight is 259 g/mol. The summed E-state index contributed by atoms with van der Waals surface area (Å²) in [6.07, 6.45) is -1.66. The molecule has 2 rings (SSSR count). The van der Waals surface area contributed by atoms with Gasteiger partial charge in [-0.2, -0.15) is 23.4 Å². The van der Waals surface area contributed by atoms with Crippen LogP contribution in [0, 0.1) is 0 Å². The largest absolute Gasteiger partial charge is 0.454 e. The number of aryl methyl sites for hydroxylation is 1. The number of halogens is 3. The summed E-state index contributed by atoms with van der Waals surface area (Å²) < 4.78 is 39.2. The highest BCUT2D eigenvalue weighted by atomic mass is 19.4. The van der Waals surface area contributed by atoms with Crippen LogP contribution >= 0.6 is 0 Å². The summed E-state index contributed by atoms with van der Waals surface area (Å²) in [6.45, 7) is 0.141. The van der Waals surface area contributed by atoms with E-state index in [0.717, 1.165) is 12.4 Å². The van der Waals surface area contributed by atoms with Crippen LogP contribution in [0.4, 0.5) is 13.2 Å². The Bertz CT molecular complexity index is 571. The van der Waals surface area contributed by atoms with E-state index in [1.807, 2.05) is 0 Å². The predicted molar refractivity (Wildman–Crippen MR) is 52.7 cm³/mol. The Labute approximate surface area is 99.0 Å². The Morgan fingerprint density at radius 2 is 2.11 bits per heavy atom. The molecule has 2 heterocycles. The molecule has 2 aromatic rings. The molecule has 0 aliphatic carbocycles. The topological polar surface area (TPSA) is 65.6 Å². The maximum absolute atomic E-state index is 12.2. The summed E-state index contributed by atoms with van der Waals surface area (Å²) in [5.74, 6) is -1.39. The van der Waals surface area contributed by atoms with Crippen LogP contribution in [0.25, 0.3) is 0 Å². The maximum Gasteiger partial charge on any atom is 0.454 e. The predicted octanol–water partition coefficient (Wildman–Crippen LogP) is 0.805. The van der Waals surface area contributed by atoms with Crippen LogP contribution in [0.2, 0.25) is 0 Å². The summed E-state index contributed by atoms with van der Waals surface area (Å²) in [6, 6.07) is 0. The van der Waals surface area contributed by atoms with Gasteiger partial charge in [0.05, 0.1) is 11.8 Å². The summed E-state index contributed by atoms with van der Waals surface area (Å²) >= 11 is 0. The van der Waals surface area contributed by atoms with Gasteiger partial charge in [0.2, 0.25) is 0 Å². The molecule has 2 aromatic heterocycles. The van der Waals surface area contributed by atoms with E-state index in [9.17, 15) is 18.0 Å². The molecule has 0 fully saturated rings. The number of carbonyl (C=O) groups is 1. The maximum atomic E-state index is 12.2. The van der Waals surface area contributed by atoms with E-state index >= 15 is 0 Å². The number of Topliss-reactive ketones (excluding diaryl/α,β-unsaturated/α-hetero) is 1. The Morgan fingerprint density at radius 3 is 2.67 bits per heavy atom. The van der Waals surface area contributed by atoms with E-state index in [0.29, 0.717) is 5.82 Å². The zero-order valence-corrected chi connectivity index (χ0v) is 9.22. The van der Waals surface area contributed by atoms with Gasteiger partial charge < -0.3 is 0 Å². The third kappa shape index (κ3) is 2.39. The van der Waals surface area contributed by atoms with Gasteiger partial charge >= 0.3 is 6.18 Å². The molecule has 96 valence electrons. The first-order valence-electron chi connectivity index (χ1n) is 4.85. The highest BCUT2D eigenvalue weighted by molar-refractivity contribution is 5.99. The van der Waals surface area contributed by atoms with Crippen molar-refractivity contribution in [3.8, 4) is 0 Å². The van der Waals surface area contributed by atoms with Gasteiger partial charge in [-0.3, -0.25) is 14.2 Å². The van der Waals surface area contributed by atoms with E-state index in [2.05, 4.69) is 15.2 Å². The van der Waals surface area contributed by atoms with Gasteiger partial charge in [0.25, 0.3) is 5.78 Å². The van der Waals surface area contributed by atoms with Crippen LogP contribution in [-0.2, 0) is 13.6 Å². The smallest absolute Gasteiger partial charge is 0.284 e. The number of carbonyl (C=O) groups excluding carboxylic acids is 1. The molecule has 18 heavy (non-hydrogen) atoms. The van der Waals surface area contributed by atoms with Crippen molar-refractivity contribution in [2.75, 3.05) is 0 Å². The normalized spacial score (nSPS) is 11.8. The molecule has 0 radical (unpaired) electrons. The van der Waals surface area contributed by atoms with Crippen molar-refractivity contribution < 1.29 is 18.0 Å². The van der Waals surface area contributed by atoms with Gasteiger partial charge in [0, 0.05) is 13.2 Å². The van der Waals surface area contributed by atoms with Crippen LogP contribution in [0.5, 0.6) is 0 Å². The number of ketones is 1. The number of hydrogen-bond acceptors (Lipinski definition) is 4. The summed E-state index contributed by atoms with van der Waals surface area (Å²) in [4.78, 5) is 14.8. The van der Waals surface area contributed by atoms with Crippen LogP contribution in [0.15, 0.2) is 18.7 Å². The Balaban J connectivity index is 2.17. The second-order valence-corrected chi connectivity index (χ2v) is 3.55. The fourth-order valence-corrected chi connectivity index (χ4v) is 1.34. The highest BCUT2D eigenvalue weighted by Gasteiger charge is 2.39. The zero-order valence-electron chi connectivity index (χ0n) is 9.22. The molecule has 6 nitrogen and oxygen atoms in total. The molecule has 0 saturated heterocycles. The van der Waals surface area contributed by atoms with Crippen LogP contribution in [0.3, 0.4) is 0 Å². The molecule has 0 aliphatic rings. The highest BCUT2D eigenvalue weighted by Crippen LogP contribution is 2.20. The van der Waals surface area contributed by atoms with Crippen molar-refractivity contribution in [3.63, 3.8) is 0 Å². The number of aromatic nitrogens is 5.